The van der Waals surface area contributed by atoms with Crippen molar-refractivity contribution in [2.75, 3.05) is 0 Å². The molecule has 2 unspecified atom stereocenters. The molecule has 1 aliphatic heterocycles. The quantitative estimate of drug-likeness (QED) is 0.610. The van der Waals surface area contributed by atoms with Gasteiger partial charge in [-0.15, -0.1) is 11.8 Å². The number of nitrogens with one attached hydrogen (secondary N) is 1. The fourth-order valence-corrected chi connectivity index (χ4v) is 4.75. The number of allylic oxidation sites excluding steroid dienone is 3. The second-order valence-electron chi connectivity index (χ2n) is 5.48. The number of hydrogen-bond acceptors (Lipinski definition) is 1. The molecular weight excluding hydrogens is 262 g/mol. The average molecular weight is 275 g/mol. The number of rotatable bonds is 0. The van der Waals surface area contributed by atoms with Gasteiger partial charge in [0.15, 0.2) is 0 Å². The summed E-state index contributed by atoms with van der Waals surface area (Å²) in [6, 6.07) is 13.3. The Morgan fingerprint density at radius 3 is 2.80 bits per heavy atom. The highest BCUT2D eigenvalue weighted by molar-refractivity contribution is 8.00. The molecule has 3 aromatic rings. The molecule has 2 heteroatoms. The van der Waals surface area contributed by atoms with E-state index in [-0.39, 0.29) is 0 Å². The number of para-hydroxylation sites is 1. The Balaban J connectivity index is 1.82. The number of thioether (sulfide) groups is 1. The first-order valence-electron chi connectivity index (χ1n) is 6.96. The van der Waals surface area contributed by atoms with Crippen molar-refractivity contribution >= 4 is 33.6 Å². The molecule has 0 spiro atoms. The Bertz CT molecular complexity index is 900. The molecule has 1 N–H and O–H groups in total. The van der Waals surface area contributed by atoms with E-state index in [9.17, 15) is 0 Å². The number of benzene rings is 2. The van der Waals surface area contributed by atoms with Gasteiger partial charge in [-0.2, -0.15) is 0 Å². The smallest absolute Gasteiger partial charge is 0.0468 e. The molecule has 0 fully saturated rings. The lowest BCUT2D eigenvalue weighted by molar-refractivity contribution is 0.883. The third-order valence-electron chi connectivity index (χ3n) is 4.34. The Labute approximate surface area is 121 Å². The number of hydrogen-bond donors (Lipinski definition) is 1. The van der Waals surface area contributed by atoms with Gasteiger partial charge in [0.1, 0.15) is 0 Å². The highest BCUT2D eigenvalue weighted by Gasteiger charge is 2.31. The zero-order chi connectivity index (χ0) is 13.1. The normalized spacial score (nSPS) is 23.4. The zero-order valence-electron chi connectivity index (χ0n) is 10.8. The molecule has 0 saturated heterocycles. The van der Waals surface area contributed by atoms with Crippen molar-refractivity contribution in [3.05, 3.63) is 66.3 Å². The van der Waals surface area contributed by atoms with Gasteiger partial charge in [-0.3, -0.25) is 0 Å². The largest absolute Gasteiger partial charge is 0.355 e. The number of H-pyrrole nitrogens is 1. The van der Waals surface area contributed by atoms with Crippen LogP contribution in [0.25, 0.3) is 21.8 Å². The summed E-state index contributed by atoms with van der Waals surface area (Å²) in [5, 5.41) is 3.25. The van der Waals surface area contributed by atoms with Crippen molar-refractivity contribution in [2.24, 2.45) is 0 Å². The monoisotopic (exact) mass is 275 g/mol. The van der Waals surface area contributed by atoms with E-state index < -0.39 is 0 Å². The SMILES string of the molecule is C1=CC2Sc3cc4c(cc3C2C=C1)[nH]c1ccccc14. The van der Waals surface area contributed by atoms with Gasteiger partial charge in [-0.1, -0.05) is 42.5 Å². The van der Waals surface area contributed by atoms with Crippen molar-refractivity contribution in [1.82, 2.24) is 4.98 Å². The second kappa shape index (κ2) is 3.80. The van der Waals surface area contributed by atoms with Crippen LogP contribution in [0.4, 0.5) is 0 Å². The summed E-state index contributed by atoms with van der Waals surface area (Å²) in [5.41, 5.74) is 3.96. The fourth-order valence-electron chi connectivity index (χ4n) is 3.38. The maximum Gasteiger partial charge on any atom is 0.0468 e. The predicted molar refractivity (Wildman–Crippen MR) is 86.5 cm³/mol. The minimum atomic E-state index is 0.538. The third kappa shape index (κ3) is 1.35. The number of aromatic amines is 1. The Kier molecular flexibility index (Phi) is 2.05. The van der Waals surface area contributed by atoms with Crippen LogP contribution >= 0.6 is 11.8 Å². The first-order valence-corrected chi connectivity index (χ1v) is 7.84. The molecule has 2 atom stereocenters. The van der Waals surface area contributed by atoms with Gasteiger partial charge in [0.25, 0.3) is 0 Å². The summed E-state index contributed by atoms with van der Waals surface area (Å²) in [6.07, 6.45) is 8.99. The lowest BCUT2D eigenvalue weighted by Crippen LogP contribution is -2.06. The lowest BCUT2D eigenvalue weighted by Gasteiger charge is -2.14. The molecule has 96 valence electrons. The van der Waals surface area contributed by atoms with Gasteiger partial charge in [0, 0.05) is 37.9 Å². The van der Waals surface area contributed by atoms with Gasteiger partial charge in [-0.25, -0.2) is 0 Å². The maximum absolute atomic E-state index is 3.55. The fraction of sp³-hybridized carbons (Fsp3) is 0.111. The van der Waals surface area contributed by atoms with E-state index in [0.717, 1.165) is 0 Å². The molecular formula is C18H13NS. The molecule has 20 heavy (non-hydrogen) atoms. The summed E-state index contributed by atoms with van der Waals surface area (Å²) >= 11 is 1.99. The van der Waals surface area contributed by atoms with Crippen molar-refractivity contribution < 1.29 is 0 Å². The molecule has 2 aliphatic rings. The van der Waals surface area contributed by atoms with Crippen molar-refractivity contribution in [2.45, 2.75) is 16.1 Å². The highest BCUT2D eigenvalue weighted by atomic mass is 32.2. The number of aromatic nitrogens is 1. The van der Waals surface area contributed by atoms with Gasteiger partial charge < -0.3 is 4.98 Å². The lowest BCUT2D eigenvalue weighted by atomic mass is 9.92. The van der Waals surface area contributed by atoms with Gasteiger partial charge in [0.05, 0.1) is 0 Å². The van der Waals surface area contributed by atoms with E-state index in [1.807, 2.05) is 11.8 Å². The van der Waals surface area contributed by atoms with Gasteiger partial charge >= 0.3 is 0 Å². The van der Waals surface area contributed by atoms with E-state index in [2.05, 4.69) is 65.7 Å². The summed E-state index contributed by atoms with van der Waals surface area (Å²) < 4.78 is 0. The maximum atomic E-state index is 3.55. The summed E-state index contributed by atoms with van der Waals surface area (Å²) in [4.78, 5) is 4.99. The zero-order valence-corrected chi connectivity index (χ0v) is 11.7. The van der Waals surface area contributed by atoms with E-state index in [4.69, 9.17) is 0 Å². The van der Waals surface area contributed by atoms with Crippen LogP contribution in [0.2, 0.25) is 0 Å². The minimum Gasteiger partial charge on any atom is -0.355 e. The van der Waals surface area contributed by atoms with Crippen molar-refractivity contribution in [3.63, 3.8) is 0 Å². The standard InChI is InChI=1S/C18H13NS/c1-3-7-15-11(5-1)13-10-18-14(9-16(13)19-15)12-6-2-4-8-17(12)20-18/h1-10,12,17,19H. The summed E-state index contributed by atoms with van der Waals surface area (Å²) in [6.45, 7) is 0. The first kappa shape index (κ1) is 10.8. The summed E-state index contributed by atoms with van der Waals surface area (Å²) in [7, 11) is 0. The van der Waals surface area contributed by atoms with Crippen LogP contribution in [0, 0.1) is 0 Å². The van der Waals surface area contributed by atoms with Crippen LogP contribution in [0.3, 0.4) is 0 Å². The van der Waals surface area contributed by atoms with E-state index in [1.54, 1.807) is 0 Å². The van der Waals surface area contributed by atoms with E-state index in [1.165, 1.54) is 32.3 Å². The molecule has 1 aliphatic carbocycles. The average Bonchev–Trinajstić information content (AvgIpc) is 3.02. The molecule has 2 heterocycles. The molecule has 1 aromatic heterocycles. The molecule has 0 radical (unpaired) electrons. The molecule has 1 nitrogen and oxygen atoms in total. The van der Waals surface area contributed by atoms with Gasteiger partial charge in [-0.05, 0) is 23.8 Å². The van der Waals surface area contributed by atoms with Crippen molar-refractivity contribution in [1.29, 1.82) is 0 Å². The third-order valence-corrected chi connectivity index (χ3v) is 5.67. The molecule has 0 bridgehead atoms. The van der Waals surface area contributed by atoms with Crippen LogP contribution in [-0.4, -0.2) is 10.2 Å². The molecule has 2 aromatic carbocycles. The van der Waals surface area contributed by atoms with Crippen molar-refractivity contribution in [3.8, 4) is 0 Å². The van der Waals surface area contributed by atoms with Crippen LogP contribution in [-0.2, 0) is 0 Å². The van der Waals surface area contributed by atoms with Crippen LogP contribution in [0.5, 0.6) is 0 Å². The second-order valence-corrected chi connectivity index (χ2v) is 6.70. The Morgan fingerprint density at radius 1 is 0.900 bits per heavy atom. The Hall–Kier alpha value is -1.93. The number of fused-ring (bicyclic) bond motifs is 6. The molecule has 0 saturated carbocycles. The van der Waals surface area contributed by atoms with Crippen LogP contribution in [0.1, 0.15) is 11.5 Å². The van der Waals surface area contributed by atoms with Crippen LogP contribution < -0.4 is 0 Å². The van der Waals surface area contributed by atoms with Crippen LogP contribution in [0.15, 0.2) is 65.6 Å². The van der Waals surface area contributed by atoms with Gasteiger partial charge in [0.2, 0.25) is 0 Å². The first-order chi connectivity index (χ1) is 9.90. The summed E-state index contributed by atoms with van der Waals surface area (Å²) in [5.74, 6) is 0.538. The van der Waals surface area contributed by atoms with E-state index >= 15 is 0 Å². The minimum absolute atomic E-state index is 0.538. The Morgan fingerprint density at radius 2 is 1.80 bits per heavy atom. The van der Waals surface area contributed by atoms with E-state index in [0.29, 0.717) is 11.2 Å². The predicted octanol–water partition coefficient (Wildman–Crippen LogP) is 5.01. The molecule has 0 amide bonds. The highest BCUT2D eigenvalue weighted by Crippen LogP contribution is 2.49. The molecule has 5 rings (SSSR count). The topological polar surface area (TPSA) is 15.8 Å².